The molecule has 0 spiro atoms. The molecule has 0 aromatic heterocycles. The summed E-state index contributed by atoms with van der Waals surface area (Å²) in [7, 11) is -3.86. The first-order valence-electron chi connectivity index (χ1n) is 9.47. The standard InChI is InChI=1S/C20H22BrN3O5S2/c1-2-29-15-7-9-16(10-8-15)31(27,28)17-11-22-20(24-19(17)26)30-12-18(25)23-14-5-3-13(21)4-6-14/h3-10,17,20,22H,2,11-12H2,1H3,(H,23,25)(H,24,26). The number of amides is 2. The van der Waals surface area contributed by atoms with Gasteiger partial charge in [-0.2, -0.15) is 0 Å². The number of carbonyl (C=O) groups excluding carboxylic acids is 2. The summed E-state index contributed by atoms with van der Waals surface area (Å²) < 4.78 is 31.9. The lowest BCUT2D eigenvalue weighted by atomic mass is 10.3. The molecule has 1 aliphatic heterocycles. The molecule has 0 bridgehead atoms. The number of ether oxygens (including phenoxy) is 1. The molecule has 1 heterocycles. The first-order valence-corrected chi connectivity index (χ1v) is 12.9. The van der Waals surface area contributed by atoms with E-state index in [2.05, 4.69) is 31.9 Å². The van der Waals surface area contributed by atoms with E-state index in [1.807, 2.05) is 19.1 Å². The van der Waals surface area contributed by atoms with Crippen LogP contribution in [-0.4, -0.2) is 49.9 Å². The zero-order valence-corrected chi connectivity index (χ0v) is 19.8. The summed E-state index contributed by atoms with van der Waals surface area (Å²) in [6, 6.07) is 13.2. The summed E-state index contributed by atoms with van der Waals surface area (Å²) in [4.78, 5) is 24.7. The Morgan fingerprint density at radius 1 is 1.19 bits per heavy atom. The van der Waals surface area contributed by atoms with Gasteiger partial charge in [0.25, 0.3) is 0 Å². The number of rotatable bonds is 8. The predicted molar refractivity (Wildman–Crippen MR) is 124 cm³/mol. The van der Waals surface area contributed by atoms with Crippen LogP contribution < -0.4 is 20.7 Å². The summed E-state index contributed by atoms with van der Waals surface area (Å²) >= 11 is 4.50. The number of carbonyl (C=O) groups is 2. The first-order chi connectivity index (χ1) is 14.8. The van der Waals surface area contributed by atoms with Crippen molar-refractivity contribution in [1.29, 1.82) is 0 Å². The molecule has 31 heavy (non-hydrogen) atoms. The van der Waals surface area contributed by atoms with E-state index >= 15 is 0 Å². The Hall–Kier alpha value is -2.08. The number of hydrogen-bond donors (Lipinski definition) is 3. The van der Waals surface area contributed by atoms with Gasteiger partial charge in [-0.1, -0.05) is 15.9 Å². The average Bonchev–Trinajstić information content (AvgIpc) is 2.74. The van der Waals surface area contributed by atoms with E-state index in [1.165, 1.54) is 23.9 Å². The fraction of sp³-hybridized carbons (Fsp3) is 0.300. The third-order valence-corrected chi connectivity index (χ3v) is 8.04. The van der Waals surface area contributed by atoms with Crippen LogP contribution in [0.2, 0.25) is 0 Å². The molecule has 1 aliphatic rings. The van der Waals surface area contributed by atoms with Crippen LogP contribution in [0.5, 0.6) is 5.75 Å². The summed E-state index contributed by atoms with van der Waals surface area (Å²) in [5.74, 6) is -0.180. The molecule has 11 heteroatoms. The molecule has 0 saturated carbocycles. The van der Waals surface area contributed by atoms with Crippen molar-refractivity contribution in [2.45, 2.75) is 22.6 Å². The van der Waals surface area contributed by atoms with Crippen molar-refractivity contribution in [1.82, 2.24) is 10.6 Å². The van der Waals surface area contributed by atoms with Gasteiger partial charge in [-0.25, -0.2) is 8.42 Å². The lowest BCUT2D eigenvalue weighted by Crippen LogP contribution is -2.59. The van der Waals surface area contributed by atoms with E-state index < -0.39 is 26.5 Å². The van der Waals surface area contributed by atoms with Crippen LogP contribution in [0, 0.1) is 0 Å². The minimum Gasteiger partial charge on any atom is -0.494 e. The van der Waals surface area contributed by atoms with Crippen molar-refractivity contribution in [3.8, 4) is 5.75 Å². The minimum absolute atomic E-state index is 0.0482. The zero-order chi connectivity index (χ0) is 22.4. The summed E-state index contributed by atoms with van der Waals surface area (Å²) in [5.41, 5.74) is 0.103. The van der Waals surface area contributed by atoms with Gasteiger partial charge in [0.1, 0.15) is 11.2 Å². The zero-order valence-electron chi connectivity index (χ0n) is 16.6. The Balaban J connectivity index is 1.53. The highest BCUT2D eigenvalue weighted by molar-refractivity contribution is 9.10. The van der Waals surface area contributed by atoms with Crippen LogP contribution in [0.3, 0.4) is 0 Å². The highest BCUT2D eigenvalue weighted by atomic mass is 79.9. The van der Waals surface area contributed by atoms with Gasteiger partial charge in [0.15, 0.2) is 15.1 Å². The van der Waals surface area contributed by atoms with Gasteiger partial charge in [-0.05, 0) is 55.5 Å². The Morgan fingerprint density at radius 2 is 1.87 bits per heavy atom. The normalized spacial score (nSPS) is 18.8. The van der Waals surface area contributed by atoms with E-state index in [1.54, 1.807) is 24.3 Å². The molecule has 0 aliphatic carbocycles. The number of benzene rings is 2. The second-order valence-corrected chi connectivity index (χ2v) is 10.7. The molecule has 2 aromatic rings. The van der Waals surface area contributed by atoms with Crippen LogP contribution in [0.25, 0.3) is 0 Å². The lowest BCUT2D eigenvalue weighted by Gasteiger charge is -2.29. The van der Waals surface area contributed by atoms with Gasteiger partial charge in [0.05, 0.1) is 17.3 Å². The molecule has 2 unspecified atom stereocenters. The Bertz CT molecular complexity index is 1030. The van der Waals surface area contributed by atoms with Crippen molar-refractivity contribution in [2.75, 3.05) is 24.2 Å². The number of anilines is 1. The fourth-order valence-electron chi connectivity index (χ4n) is 2.88. The summed E-state index contributed by atoms with van der Waals surface area (Å²) in [5, 5.41) is 7.11. The number of hydrogen-bond acceptors (Lipinski definition) is 7. The molecule has 0 radical (unpaired) electrons. The Morgan fingerprint density at radius 3 is 2.48 bits per heavy atom. The highest BCUT2D eigenvalue weighted by Crippen LogP contribution is 2.22. The van der Waals surface area contributed by atoms with Crippen molar-refractivity contribution >= 4 is 55.0 Å². The average molecular weight is 528 g/mol. The number of sulfone groups is 1. The first kappa shape index (κ1) is 23.6. The predicted octanol–water partition coefficient (Wildman–Crippen LogP) is 2.36. The molecule has 2 atom stereocenters. The van der Waals surface area contributed by atoms with Gasteiger partial charge in [0.2, 0.25) is 11.8 Å². The quantitative estimate of drug-likeness (QED) is 0.482. The maximum absolute atomic E-state index is 12.9. The van der Waals surface area contributed by atoms with Crippen LogP contribution in [0.4, 0.5) is 5.69 Å². The molecule has 166 valence electrons. The van der Waals surface area contributed by atoms with Crippen molar-refractivity contribution in [3.05, 3.63) is 53.0 Å². The van der Waals surface area contributed by atoms with E-state index in [0.29, 0.717) is 18.0 Å². The van der Waals surface area contributed by atoms with Gasteiger partial charge >= 0.3 is 0 Å². The molecule has 1 saturated heterocycles. The molecule has 8 nitrogen and oxygen atoms in total. The molecule has 2 amide bonds. The van der Waals surface area contributed by atoms with Crippen LogP contribution in [0.15, 0.2) is 57.9 Å². The van der Waals surface area contributed by atoms with E-state index in [9.17, 15) is 18.0 Å². The van der Waals surface area contributed by atoms with E-state index in [4.69, 9.17) is 4.74 Å². The molecular formula is C20H22BrN3O5S2. The molecule has 3 rings (SSSR count). The second-order valence-electron chi connectivity index (χ2n) is 6.60. The monoisotopic (exact) mass is 527 g/mol. The van der Waals surface area contributed by atoms with Crippen LogP contribution >= 0.6 is 27.7 Å². The molecule has 2 aromatic carbocycles. The van der Waals surface area contributed by atoms with E-state index in [0.717, 1.165) is 4.47 Å². The summed E-state index contributed by atoms with van der Waals surface area (Å²) in [6.07, 6.45) is 0. The maximum atomic E-state index is 12.9. The second kappa shape index (κ2) is 10.5. The minimum atomic E-state index is -3.86. The van der Waals surface area contributed by atoms with Crippen molar-refractivity contribution < 1.29 is 22.7 Å². The van der Waals surface area contributed by atoms with Crippen molar-refractivity contribution in [2.24, 2.45) is 0 Å². The highest BCUT2D eigenvalue weighted by Gasteiger charge is 2.38. The van der Waals surface area contributed by atoms with Crippen molar-refractivity contribution in [3.63, 3.8) is 0 Å². The largest absolute Gasteiger partial charge is 0.494 e. The molecule has 3 N–H and O–H groups in total. The third kappa shape index (κ3) is 6.22. The van der Waals surface area contributed by atoms with Crippen LogP contribution in [0.1, 0.15) is 6.92 Å². The smallest absolute Gasteiger partial charge is 0.241 e. The third-order valence-electron chi connectivity index (χ3n) is 4.40. The Labute approximate surface area is 193 Å². The summed E-state index contributed by atoms with van der Waals surface area (Å²) in [6.45, 7) is 2.26. The molecule has 1 fully saturated rings. The van der Waals surface area contributed by atoms with Crippen LogP contribution in [-0.2, 0) is 19.4 Å². The SMILES string of the molecule is CCOc1ccc(S(=O)(=O)C2CNC(SCC(=O)Nc3ccc(Br)cc3)NC2=O)cc1. The number of nitrogens with one attached hydrogen (secondary N) is 3. The number of thioether (sulfide) groups is 1. The van der Waals surface area contributed by atoms with Gasteiger partial charge in [-0.3, -0.25) is 14.9 Å². The van der Waals surface area contributed by atoms with Gasteiger partial charge in [0, 0.05) is 16.7 Å². The van der Waals surface area contributed by atoms with E-state index in [-0.39, 0.29) is 23.1 Å². The molecular weight excluding hydrogens is 506 g/mol. The lowest BCUT2D eigenvalue weighted by molar-refractivity contribution is -0.122. The van der Waals surface area contributed by atoms with Gasteiger partial charge < -0.3 is 15.4 Å². The van der Waals surface area contributed by atoms with Gasteiger partial charge in [-0.15, -0.1) is 11.8 Å². The number of halogens is 1. The maximum Gasteiger partial charge on any atom is 0.241 e. The topological polar surface area (TPSA) is 114 Å². The fourth-order valence-corrected chi connectivity index (χ4v) is 5.45. The Kier molecular flexibility index (Phi) is 7.98.